The molecule has 0 unspecified atom stereocenters. The summed E-state index contributed by atoms with van der Waals surface area (Å²) in [4.78, 5) is 17.6. The fraction of sp³-hybridized carbons (Fsp3) is 0.227. The van der Waals surface area contributed by atoms with E-state index in [0.29, 0.717) is 40.4 Å². The van der Waals surface area contributed by atoms with E-state index < -0.39 is 0 Å². The van der Waals surface area contributed by atoms with Gasteiger partial charge < -0.3 is 19.0 Å². The third-order valence-electron chi connectivity index (χ3n) is 5.03. The number of fused-ring (bicyclic) bond motifs is 1. The molecule has 0 saturated carbocycles. The second-order valence-corrected chi connectivity index (χ2v) is 6.95. The first-order valence-electron chi connectivity index (χ1n) is 9.59. The van der Waals surface area contributed by atoms with Gasteiger partial charge in [-0.15, -0.1) is 0 Å². The average Bonchev–Trinajstić information content (AvgIpc) is 3.53. The van der Waals surface area contributed by atoms with Crippen molar-refractivity contribution in [2.24, 2.45) is 0 Å². The van der Waals surface area contributed by atoms with E-state index in [4.69, 9.17) is 13.7 Å². The third-order valence-corrected chi connectivity index (χ3v) is 5.03. The number of rotatable bonds is 5. The summed E-state index contributed by atoms with van der Waals surface area (Å²) in [7, 11) is 0. The van der Waals surface area contributed by atoms with Crippen LogP contribution in [0, 0.1) is 0 Å². The van der Waals surface area contributed by atoms with Crippen LogP contribution in [0.1, 0.15) is 23.2 Å². The summed E-state index contributed by atoms with van der Waals surface area (Å²) in [5, 5.41) is 7.76. The molecule has 7 heteroatoms. The number of pyridine rings is 1. The molecular formula is C22H19N3O4. The van der Waals surface area contributed by atoms with E-state index in [1.165, 1.54) is 0 Å². The Morgan fingerprint density at radius 2 is 2.07 bits per heavy atom. The van der Waals surface area contributed by atoms with Crippen LogP contribution >= 0.6 is 0 Å². The number of nitrogens with zero attached hydrogens (tertiary/aromatic N) is 2. The van der Waals surface area contributed by atoms with Crippen LogP contribution in [-0.2, 0) is 4.74 Å². The van der Waals surface area contributed by atoms with E-state index in [2.05, 4.69) is 15.5 Å². The van der Waals surface area contributed by atoms with Crippen LogP contribution in [0.2, 0.25) is 0 Å². The third kappa shape index (κ3) is 3.40. The normalized spacial score (nSPS) is 16.3. The molecule has 1 saturated heterocycles. The summed E-state index contributed by atoms with van der Waals surface area (Å²) < 4.78 is 16.6. The van der Waals surface area contributed by atoms with Crippen molar-refractivity contribution in [2.45, 2.75) is 18.9 Å². The quantitative estimate of drug-likeness (QED) is 0.554. The lowest BCUT2D eigenvalue weighted by molar-refractivity contribution is 0.0859. The number of nitrogens with one attached hydrogen (secondary N) is 1. The molecule has 1 amide bonds. The molecule has 1 atom stereocenters. The summed E-state index contributed by atoms with van der Waals surface area (Å²) in [5.41, 5.74) is 2.69. The predicted octanol–water partition coefficient (Wildman–Crippen LogP) is 4.06. The minimum Gasteiger partial charge on any atom is -0.463 e. The minimum atomic E-state index is -0.221. The van der Waals surface area contributed by atoms with E-state index in [1.807, 2.05) is 30.3 Å². The van der Waals surface area contributed by atoms with E-state index in [0.717, 1.165) is 25.0 Å². The largest absolute Gasteiger partial charge is 0.463 e. The van der Waals surface area contributed by atoms with Gasteiger partial charge in [-0.1, -0.05) is 35.5 Å². The van der Waals surface area contributed by atoms with Gasteiger partial charge in [0.1, 0.15) is 11.4 Å². The number of carbonyl (C=O) groups excluding carboxylic acids is 1. The van der Waals surface area contributed by atoms with Crippen LogP contribution in [0.15, 0.2) is 63.7 Å². The van der Waals surface area contributed by atoms with Gasteiger partial charge in [0, 0.05) is 18.7 Å². The number of hydrogen-bond donors (Lipinski definition) is 1. The van der Waals surface area contributed by atoms with Gasteiger partial charge in [0.25, 0.3) is 11.6 Å². The zero-order valence-corrected chi connectivity index (χ0v) is 15.6. The summed E-state index contributed by atoms with van der Waals surface area (Å²) in [5.74, 6) is 0.332. The SMILES string of the molecule is O=C(NC[C@@H]1CCCO1)c1cc(-c2ccco2)nc2onc(-c3ccccc3)c12. The Bertz CT molecular complexity index is 1130. The Morgan fingerprint density at radius 1 is 1.17 bits per heavy atom. The standard InChI is InChI=1S/C22H19N3O4/c26-21(23-13-15-8-4-10-27-15)16-12-17(18-9-5-11-28-18)24-22-19(16)20(25-29-22)14-6-2-1-3-7-14/h1-3,5-7,9,11-12,15H,4,8,10,13H2,(H,23,26)/t15-/m0/s1. The molecule has 1 aliphatic rings. The maximum atomic E-state index is 13.1. The first-order chi connectivity index (χ1) is 14.3. The van der Waals surface area contributed by atoms with Crippen molar-refractivity contribution in [2.75, 3.05) is 13.2 Å². The number of carbonyl (C=O) groups is 1. The van der Waals surface area contributed by atoms with E-state index in [1.54, 1.807) is 24.5 Å². The molecule has 4 aromatic rings. The molecule has 146 valence electrons. The Balaban J connectivity index is 1.59. The van der Waals surface area contributed by atoms with Crippen LogP contribution in [0.3, 0.4) is 0 Å². The molecular weight excluding hydrogens is 370 g/mol. The Labute approximate surface area is 166 Å². The van der Waals surface area contributed by atoms with Gasteiger partial charge in [-0.3, -0.25) is 4.79 Å². The lowest BCUT2D eigenvalue weighted by Crippen LogP contribution is -2.32. The highest BCUT2D eigenvalue weighted by Crippen LogP contribution is 2.32. The first kappa shape index (κ1) is 17.6. The van der Waals surface area contributed by atoms with Crippen molar-refractivity contribution in [3.05, 3.63) is 60.4 Å². The number of hydrogen-bond acceptors (Lipinski definition) is 6. The number of benzene rings is 1. The molecule has 7 nitrogen and oxygen atoms in total. The number of amides is 1. The molecule has 29 heavy (non-hydrogen) atoms. The highest BCUT2D eigenvalue weighted by atomic mass is 16.5. The monoisotopic (exact) mass is 389 g/mol. The van der Waals surface area contributed by atoms with Gasteiger partial charge in [-0.05, 0) is 31.0 Å². The second kappa shape index (κ2) is 7.52. The molecule has 0 spiro atoms. The van der Waals surface area contributed by atoms with Crippen LogP contribution in [-0.4, -0.2) is 35.3 Å². The average molecular weight is 389 g/mol. The van der Waals surface area contributed by atoms with Crippen molar-refractivity contribution >= 4 is 17.0 Å². The van der Waals surface area contributed by atoms with Crippen LogP contribution in [0.5, 0.6) is 0 Å². The topological polar surface area (TPSA) is 90.4 Å². The first-order valence-corrected chi connectivity index (χ1v) is 9.59. The molecule has 1 aliphatic heterocycles. The lowest BCUT2D eigenvalue weighted by Gasteiger charge is -2.12. The van der Waals surface area contributed by atoms with Crippen molar-refractivity contribution in [3.63, 3.8) is 0 Å². The highest BCUT2D eigenvalue weighted by Gasteiger charge is 2.24. The van der Waals surface area contributed by atoms with Gasteiger partial charge in [0.2, 0.25) is 0 Å². The molecule has 1 N–H and O–H groups in total. The van der Waals surface area contributed by atoms with Crippen molar-refractivity contribution in [1.29, 1.82) is 0 Å². The lowest BCUT2D eigenvalue weighted by atomic mass is 10.0. The molecule has 0 aliphatic carbocycles. The van der Waals surface area contributed by atoms with E-state index in [9.17, 15) is 4.79 Å². The highest BCUT2D eigenvalue weighted by molar-refractivity contribution is 6.10. The smallest absolute Gasteiger partial charge is 0.259 e. The molecule has 0 bridgehead atoms. The van der Waals surface area contributed by atoms with Crippen LogP contribution in [0.25, 0.3) is 33.8 Å². The zero-order chi connectivity index (χ0) is 19.6. The molecule has 5 rings (SSSR count). The summed E-state index contributed by atoms with van der Waals surface area (Å²) in [6.45, 7) is 1.21. The predicted molar refractivity (Wildman–Crippen MR) is 106 cm³/mol. The van der Waals surface area contributed by atoms with Crippen LogP contribution < -0.4 is 5.32 Å². The molecule has 4 heterocycles. The molecule has 1 aromatic carbocycles. The van der Waals surface area contributed by atoms with Gasteiger partial charge >= 0.3 is 0 Å². The van der Waals surface area contributed by atoms with Gasteiger partial charge in [0.15, 0.2) is 5.76 Å². The number of ether oxygens (including phenoxy) is 1. The summed E-state index contributed by atoms with van der Waals surface area (Å²) >= 11 is 0. The van der Waals surface area contributed by atoms with Gasteiger partial charge in [-0.25, -0.2) is 4.98 Å². The van der Waals surface area contributed by atoms with Gasteiger partial charge in [0.05, 0.1) is 23.3 Å². The Morgan fingerprint density at radius 3 is 2.83 bits per heavy atom. The van der Waals surface area contributed by atoms with Gasteiger partial charge in [-0.2, -0.15) is 0 Å². The Hall–Kier alpha value is -3.45. The van der Waals surface area contributed by atoms with Crippen molar-refractivity contribution in [1.82, 2.24) is 15.5 Å². The maximum absolute atomic E-state index is 13.1. The Kier molecular flexibility index (Phi) is 4.57. The minimum absolute atomic E-state index is 0.0527. The van der Waals surface area contributed by atoms with Crippen molar-refractivity contribution < 1.29 is 18.5 Å². The summed E-state index contributed by atoms with van der Waals surface area (Å²) in [6.07, 6.45) is 3.59. The fourth-order valence-electron chi connectivity index (χ4n) is 3.58. The van der Waals surface area contributed by atoms with Crippen LogP contribution in [0.4, 0.5) is 0 Å². The maximum Gasteiger partial charge on any atom is 0.259 e. The summed E-state index contributed by atoms with van der Waals surface area (Å²) in [6, 6.07) is 14.9. The van der Waals surface area contributed by atoms with Crippen molar-refractivity contribution in [3.8, 4) is 22.7 Å². The molecule has 1 fully saturated rings. The molecule has 0 radical (unpaired) electrons. The number of furan rings is 1. The number of aromatic nitrogens is 2. The van der Waals surface area contributed by atoms with E-state index in [-0.39, 0.29) is 12.0 Å². The van der Waals surface area contributed by atoms with E-state index >= 15 is 0 Å². The fourth-order valence-corrected chi connectivity index (χ4v) is 3.58. The zero-order valence-electron chi connectivity index (χ0n) is 15.6. The molecule has 3 aromatic heterocycles. The second-order valence-electron chi connectivity index (χ2n) is 6.95.